The minimum Gasteiger partial charge on any atom is -0.392 e. The third-order valence-corrected chi connectivity index (χ3v) is 3.06. The first kappa shape index (κ1) is 8.06. The highest BCUT2D eigenvalue weighted by molar-refractivity contribution is 5.28. The number of hydrogen-bond acceptors (Lipinski definition) is 1. The summed E-state index contributed by atoms with van der Waals surface area (Å²) in [6, 6.07) is 0. The minimum atomic E-state index is 0.240. The van der Waals surface area contributed by atoms with Crippen LogP contribution >= 0.6 is 0 Å². The zero-order valence-electron chi connectivity index (χ0n) is 7.59. The van der Waals surface area contributed by atoms with Crippen molar-refractivity contribution in [3.05, 3.63) is 23.3 Å². The summed E-state index contributed by atoms with van der Waals surface area (Å²) >= 11 is 0. The monoisotopic (exact) mass is 164 g/mol. The predicted molar refractivity (Wildman–Crippen MR) is 49.8 cm³/mol. The summed E-state index contributed by atoms with van der Waals surface area (Å²) in [6.45, 7) is 2.56. The van der Waals surface area contributed by atoms with Gasteiger partial charge >= 0.3 is 0 Å². The molecule has 1 nitrogen and oxygen atoms in total. The van der Waals surface area contributed by atoms with E-state index in [1.807, 2.05) is 0 Å². The highest BCUT2D eigenvalue weighted by atomic mass is 16.3. The fraction of sp³-hybridized carbons (Fsp3) is 0.636. The Morgan fingerprint density at radius 1 is 1.42 bits per heavy atom. The normalized spacial score (nSPS) is 34.2. The van der Waals surface area contributed by atoms with Gasteiger partial charge in [0.2, 0.25) is 0 Å². The molecule has 0 bridgehead atoms. The van der Waals surface area contributed by atoms with Gasteiger partial charge in [-0.3, -0.25) is 0 Å². The Hall–Kier alpha value is -0.560. The van der Waals surface area contributed by atoms with Crippen molar-refractivity contribution in [1.29, 1.82) is 0 Å². The Morgan fingerprint density at radius 3 is 2.58 bits per heavy atom. The van der Waals surface area contributed by atoms with E-state index in [-0.39, 0.29) is 6.61 Å². The molecule has 12 heavy (non-hydrogen) atoms. The summed E-state index contributed by atoms with van der Waals surface area (Å²) in [7, 11) is 0. The Morgan fingerprint density at radius 2 is 2.17 bits per heavy atom. The Balaban J connectivity index is 2.01. The number of allylic oxidation sites excluding steroid dienone is 3. The summed E-state index contributed by atoms with van der Waals surface area (Å²) in [4.78, 5) is 0. The van der Waals surface area contributed by atoms with Crippen LogP contribution < -0.4 is 0 Å². The SMILES string of the molecule is CC1CC1C1=CC=C(CO)CC1. The van der Waals surface area contributed by atoms with Crippen LogP contribution in [-0.2, 0) is 0 Å². The molecule has 0 saturated heterocycles. The number of aliphatic hydroxyl groups is 1. The van der Waals surface area contributed by atoms with E-state index in [0.717, 1.165) is 18.3 Å². The molecule has 0 aromatic carbocycles. The zero-order valence-corrected chi connectivity index (χ0v) is 7.59. The van der Waals surface area contributed by atoms with Crippen LogP contribution in [0.3, 0.4) is 0 Å². The third-order valence-electron chi connectivity index (χ3n) is 3.06. The lowest BCUT2D eigenvalue weighted by molar-refractivity contribution is 0.326. The maximum Gasteiger partial charge on any atom is 0.0644 e. The van der Waals surface area contributed by atoms with Crippen molar-refractivity contribution in [1.82, 2.24) is 0 Å². The second kappa shape index (κ2) is 3.06. The summed E-state index contributed by atoms with van der Waals surface area (Å²) in [5.74, 6) is 1.79. The molecule has 0 spiro atoms. The molecular weight excluding hydrogens is 148 g/mol. The van der Waals surface area contributed by atoms with Gasteiger partial charge in [0.25, 0.3) is 0 Å². The first-order valence-corrected chi connectivity index (χ1v) is 4.80. The van der Waals surface area contributed by atoms with Crippen LogP contribution in [0.15, 0.2) is 23.3 Å². The lowest BCUT2D eigenvalue weighted by Crippen LogP contribution is -1.99. The van der Waals surface area contributed by atoms with Gasteiger partial charge in [-0.1, -0.05) is 24.6 Å². The van der Waals surface area contributed by atoms with Crippen molar-refractivity contribution in [2.75, 3.05) is 6.61 Å². The molecule has 1 saturated carbocycles. The van der Waals surface area contributed by atoms with Crippen LogP contribution in [0.5, 0.6) is 0 Å². The molecule has 1 N–H and O–H groups in total. The molecule has 0 amide bonds. The average Bonchev–Trinajstić information content (AvgIpc) is 2.83. The van der Waals surface area contributed by atoms with Crippen molar-refractivity contribution in [3.63, 3.8) is 0 Å². The maximum atomic E-state index is 8.89. The van der Waals surface area contributed by atoms with E-state index in [1.165, 1.54) is 18.4 Å². The Kier molecular flexibility index (Phi) is 2.05. The second-order valence-electron chi connectivity index (χ2n) is 4.04. The number of aliphatic hydroxyl groups excluding tert-OH is 1. The fourth-order valence-corrected chi connectivity index (χ4v) is 1.98. The van der Waals surface area contributed by atoms with Crippen molar-refractivity contribution < 1.29 is 5.11 Å². The number of rotatable bonds is 2. The molecule has 0 radical (unpaired) electrons. The minimum absolute atomic E-state index is 0.240. The quantitative estimate of drug-likeness (QED) is 0.664. The molecule has 2 unspecified atom stereocenters. The first-order chi connectivity index (χ1) is 5.81. The molecule has 0 aliphatic heterocycles. The van der Waals surface area contributed by atoms with E-state index in [2.05, 4.69) is 19.1 Å². The Bertz CT molecular complexity index is 237. The smallest absolute Gasteiger partial charge is 0.0644 e. The highest BCUT2D eigenvalue weighted by Crippen LogP contribution is 2.46. The molecule has 66 valence electrons. The maximum absolute atomic E-state index is 8.89. The van der Waals surface area contributed by atoms with Crippen molar-refractivity contribution in [2.24, 2.45) is 11.8 Å². The van der Waals surface area contributed by atoms with E-state index < -0.39 is 0 Å². The van der Waals surface area contributed by atoms with Gasteiger partial charge in [0.05, 0.1) is 6.61 Å². The average molecular weight is 164 g/mol. The van der Waals surface area contributed by atoms with Gasteiger partial charge in [-0.15, -0.1) is 0 Å². The standard InChI is InChI=1S/C11H16O/c1-8-6-11(8)10-4-2-9(7-12)3-5-10/h2,4,8,11-12H,3,5-7H2,1H3. The molecule has 2 atom stereocenters. The summed E-state index contributed by atoms with van der Waals surface area (Å²) < 4.78 is 0. The summed E-state index contributed by atoms with van der Waals surface area (Å²) in [6.07, 6.45) is 7.97. The molecule has 1 heteroatoms. The van der Waals surface area contributed by atoms with E-state index in [0.29, 0.717) is 0 Å². The molecule has 0 heterocycles. The molecular formula is C11H16O. The molecule has 2 rings (SSSR count). The van der Waals surface area contributed by atoms with E-state index in [4.69, 9.17) is 5.11 Å². The van der Waals surface area contributed by atoms with E-state index >= 15 is 0 Å². The zero-order chi connectivity index (χ0) is 8.55. The van der Waals surface area contributed by atoms with Gasteiger partial charge in [-0.25, -0.2) is 0 Å². The van der Waals surface area contributed by atoms with Crippen LogP contribution in [-0.4, -0.2) is 11.7 Å². The van der Waals surface area contributed by atoms with Crippen LogP contribution in [0, 0.1) is 11.8 Å². The van der Waals surface area contributed by atoms with Gasteiger partial charge < -0.3 is 5.11 Å². The molecule has 2 aliphatic rings. The van der Waals surface area contributed by atoms with Gasteiger partial charge in [-0.05, 0) is 36.7 Å². The van der Waals surface area contributed by atoms with Crippen LogP contribution in [0.4, 0.5) is 0 Å². The van der Waals surface area contributed by atoms with Crippen molar-refractivity contribution in [3.8, 4) is 0 Å². The van der Waals surface area contributed by atoms with E-state index in [1.54, 1.807) is 5.57 Å². The summed E-state index contributed by atoms with van der Waals surface area (Å²) in [5, 5.41) is 8.89. The third kappa shape index (κ3) is 1.46. The van der Waals surface area contributed by atoms with E-state index in [9.17, 15) is 0 Å². The topological polar surface area (TPSA) is 20.2 Å². The fourth-order valence-electron chi connectivity index (χ4n) is 1.98. The molecule has 0 aromatic rings. The second-order valence-corrected chi connectivity index (χ2v) is 4.04. The van der Waals surface area contributed by atoms with Gasteiger partial charge in [0.1, 0.15) is 0 Å². The lowest BCUT2D eigenvalue weighted by Gasteiger charge is -2.12. The van der Waals surface area contributed by atoms with Crippen LogP contribution in [0.25, 0.3) is 0 Å². The highest BCUT2D eigenvalue weighted by Gasteiger charge is 2.35. The Labute approximate surface area is 73.8 Å². The predicted octanol–water partition coefficient (Wildman–Crippen LogP) is 2.28. The lowest BCUT2D eigenvalue weighted by atomic mass is 9.95. The van der Waals surface area contributed by atoms with Crippen LogP contribution in [0.1, 0.15) is 26.2 Å². The van der Waals surface area contributed by atoms with Crippen molar-refractivity contribution in [2.45, 2.75) is 26.2 Å². The van der Waals surface area contributed by atoms with Crippen LogP contribution in [0.2, 0.25) is 0 Å². The van der Waals surface area contributed by atoms with Gasteiger partial charge in [0.15, 0.2) is 0 Å². The number of hydrogen-bond donors (Lipinski definition) is 1. The molecule has 1 fully saturated rings. The molecule has 0 aromatic heterocycles. The first-order valence-electron chi connectivity index (χ1n) is 4.80. The summed E-state index contributed by atoms with van der Waals surface area (Å²) in [5.41, 5.74) is 2.80. The van der Waals surface area contributed by atoms with Gasteiger partial charge in [-0.2, -0.15) is 0 Å². The molecule has 2 aliphatic carbocycles. The van der Waals surface area contributed by atoms with Gasteiger partial charge in [0, 0.05) is 0 Å². The largest absolute Gasteiger partial charge is 0.392 e. The van der Waals surface area contributed by atoms with Crippen molar-refractivity contribution >= 4 is 0 Å².